The largest absolute Gasteiger partial charge is 0.506 e. The number of anilines is 1. The third kappa shape index (κ3) is 6.14. The molecule has 1 rings (SSSR count). The molecule has 0 fully saturated rings. The number of benzene rings is 1. The van der Waals surface area contributed by atoms with Crippen LogP contribution in [-0.4, -0.2) is 28.7 Å². The van der Waals surface area contributed by atoms with Gasteiger partial charge in [0.2, 0.25) is 5.91 Å². The second-order valence-electron chi connectivity index (χ2n) is 5.43. The lowest BCUT2D eigenvalue weighted by Crippen LogP contribution is -2.30. The second kappa shape index (κ2) is 8.64. The molecule has 0 saturated carbocycles. The van der Waals surface area contributed by atoms with E-state index in [9.17, 15) is 15.0 Å². The summed E-state index contributed by atoms with van der Waals surface area (Å²) in [6, 6.07) is 5.08. The van der Waals surface area contributed by atoms with Crippen LogP contribution in [0.5, 0.6) is 5.75 Å². The van der Waals surface area contributed by atoms with E-state index in [1.54, 1.807) is 12.1 Å². The van der Waals surface area contributed by atoms with Gasteiger partial charge in [0.25, 0.3) is 0 Å². The van der Waals surface area contributed by atoms with Crippen LogP contribution in [-0.2, 0) is 4.79 Å². The van der Waals surface area contributed by atoms with Crippen LogP contribution in [0.2, 0.25) is 0 Å². The van der Waals surface area contributed by atoms with Gasteiger partial charge in [0.1, 0.15) is 5.75 Å². The van der Waals surface area contributed by atoms with Gasteiger partial charge in [0.15, 0.2) is 0 Å². The minimum atomic E-state index is -0.679. The van der Waals surface area contributed by atoms with E-state index in [1.807, 2.05) is 0 Å². The minimum absolute atomic E-state index is 0.00887. The first-order valence-electron chi connectivity index (χ1n) is 7.46. The standard InChI is InChI=1S/C16H26N2O3/c1-4-5-6-11(2)17-10-16(21)13-7-8-15(20)14(9-13)18-12(3)19/h7-9,11,16-17,20-21H,4-6,10H2,1-3H3,(H,18,19)/t11-,16+/m1/s1. The zero-order chi connectivity index (χ0) is 15.8. The van der Waals surface area contributed by atoms with E-state index in [0.717, 1.165) is 19.3 Å². The summed E-state index contributed by atoms with van der Waals surface area (Å²) in [6.07, 6.45) is 2.72. The number of phenols is 1. The number of hydrogen-bond donors (Lipinski definition) is 4. The van der Waals surface area contributed by atoms with Crippen LogP contribution in [0.25, 0.3) is 0 Å². The van der Waals surface area contributed by atoms with Crippen molar-refractivity contribution in [2.24, 2.45) is 0 Å². The van der Waals surface area contributed by atoms with Crippen LogP contribution in [0, 0.1) is 0 Å². The van der Waals surface area contributed by atoms with Crippen molar-refractivity contribution < 1.29 is 15.0 Å². The van der Waals surface area contributed by atoms with Crippen molar-refractivity contribution in [3.8, 4) is 5.75 Å². The number of nitrogens with one attached hydrogen (secondary N) is 2. The van der Waals surface area contributed by atoms with Gasteiger partial charge >= 0.3 is 0 Å². The average Bonchev–Trinajstić information content (AvgIpc) is 2.44. The molecule has 5 nitrogen and oxygen atoms in total. The van der Waals surface area contributed by atoms with Crippen molar-refractivity contribution in [2.75, 3.05) is 11.9 Å². The first-order valence-corrected chi connectivity index (χ1v) is 7.46. The number of amides is 1. The molecule has 21 heavy (non-hydrogen) atoms. The summed E-state index contributed by atoms with van der Waals surface area (Å²) < 4.78 is 0. The van der Waals surface area contributed by atoms with Crippen LogP contribution < -0.4 is 10.6 Å². The van der Waals surface area contributed by atoms with E-state index in [0.29, 0.717) is 23.8 Å². The van der Waals surface area contributed by atoms with Gasteiger partial charge in [0, 0.05) is 19.5 Å². The SMILES string of the molecule is CCCC[C@@H](C)NC[C@H](O)c1ccc(O)c(NC(C)=O)c1. The van der Waals surface area contributed by atoms with Gasteiger partial charge in [-0.1, -0.05) is 25.8 Å². The lowest BCUT2D eigenvalue weighted by Gasteiger charge is -2.18. The maximum absolute atomic E-state index is 11.1. The van der Waals surface area contributed by atoms with Crippen LogP contribution in [0.15, 0.2) is 18.2 Å². The van der Waals surface area contributed by atoms with Crippen LogP contribution in [0.4, 0.5) is 5.69 Å². The molecule has 5 heteroatoms. The fourth-order valence-electron chi connectivity index (χ4n) is 2.09. The molecule has 0 aliphatic heterocycles. The van der Waals surface area contributed by atoms with Gasteiger partial charge in [-0.15, -0.1) is 0 Å². The second-order valence-corrected chi connectivity index (χ2v) is 5.43. The monoisotopic (exact) mass is 294 g/mol. The van der Waals surface area contributed by atoms with Crippen LogP contribution >= 0.6 is 0 Å². The molecular formula is C16H26N2O3. The van der Waals surface area contributed by atoms with Crippen molar-refractivity contribution in [3.05, 3.63) is 23.8 Å². The van der Waals surface area contributed by atoms with Crippen molar-refractivity contribution in [2.45, 2.75) is 52.2 Å². The van der Waals surface area contributed by atoms with E-state index < -0.39 is 6.10 Å². The molecule has 0 aromatic heterocycles. The normalized spacial score (nSPS) is 13.7. The number of aliphatic hydroxyl groups is 1. The fraction of sp³-hybridized carbons (Fsp3) is 0.562. The Hall–Kier alpha value is -1.59. The molecule has 2 atom stereocenters. The summed E-state index contributed by atoms with van der Waals surface area (Å²) in [7, 11) is 0. The van der Waals surface area contributed by atoms with Crippen LogP contribution in [0.3, 0.4) is 0 Å². The molecule has 0 bridgehead atoms. The van der Waals surface area contributed by atoms with E-state index >= 15 is 0 Å². The Labute approximate surface area is 126 Å². The lowest BCUT2D eigenvalue weighted by atomic mass is 10.1. The lowest BCUT2D eigenvalue weighted by molar-refractivity contribution is -0.114. The van der Waals surface area contributed by atoms with Crippen molar-refractivity contribution in [1.82, 2.24) is 5.32 Å². The highest BCUT2D eigenvalue weighted by atomic mass is 16.3. The molecule has 0 heterocycles. The van der Waals surface area contributed by atoms with Gasteiger partial charge in [-0.05, 0) is 31.0 Å². The molecule has 1 aromatic rings. The van der Waals surface area contributed by atoms with Gasteiger partial charge in [-0.3, -0.25) is 4.79 Å². The summed E-state index contributed by atoms with van der Waals surface area (Å²) in [5.41, 5.74) is 0.977. The fourth-order valence-corrected chi connectivity index (χ4v) is 2.09. The highest BCUT2D eigenvalue weighted by Gasteiger charge is 2.12. The number of rotatable bonds is 8. The Morgan fingerprint density at radius 3 is 2.71 bits per heavy atom. The third-order valence-corrected chi connectivity index (χ3v) is 3.37. The molecule has 118 valence electrons. The predicted molar refractivity (Wildman–Crippen MR) is 84.4 cm³/mol. The number of phenolic OH excluding ortho intramolecular Hbond substituents is 1. The topological polar surface area (TPSA) is 81.6 Å². The van der Waals surface area contributed by atoms with Crippen LogP contribution in [0.1, 0.15) is 51.7 Å². The number of carbonyl (C=O) groups is 1. The molecule has 0 spiro atoms. The first-order chi connectivity index (χ1) is 9.93. The molecule has 0 aliphatic carbocycles. The molecular weight excluding hydrogens is 268 g/mol. The van der Waals surface area contributed by atoms with E-state index in [-0.39, 0.29) is 11.7 Å². The molecule has 1 aromatic carbocycles. The Bertz CT molecular complexity index is 463. The summed E-state index contributed by atoms with van der Waals surface area (Å²) in [5.74, 6) is -0.270. The maximum Gasteiger partial charge on any atom is 0.221 e. The summed E-state index contributed by atoms with van der Waals surface area (Å²) in [4.78, 5) is 11.1. The number of carbonyl (C=O) groups excluding carboxylic acids is 1. The van der Waals surface area contributed by atoms with Gasteiger partial charge in [-0.2, -0.15) is 0 Å². The third-order valence-electron chi connectivity index (χ3n) is 3.37. The minimum Gasteiger partial charge on any atom is -0.506 e. The van der Waals surface area contributed by atoms with Gasteiger partial charge in [0.05, 0.1) is 11.8 Å². The molecule has 4 N–H and O–H groups in total. The number of hydrogen-bond acceptors (Lipinski definition) is 4. The molecule has 0 radical (unpaired) electrons. The highest BCUT2D eigenvalue weighted by Crippen LogP contribution is 2.27. The molecule has 0 aliphatic rings. The quantitative estimate of drug-likeness (QED) is 0.555. The van der Waals surface area contributed by atoms with E-state index in [4.69, 9.17) is 0 Å². The van der Waals surface area contributed by atoms with Crippen molar-refractivity contribution in [3.63, 3.8) is 0 Å². The summed E-state index contributed by atoms with van der Waals surface area (Å²) in [5, 5.41) is 25.7. The summed E-state index contributed by atoms with van der Waals surface area (Å²) >= 11 is 0. The van der Waals surface area contributed by atoms with Gasteiger partial charge in [-0.25, -0.2) is 0 Å². The van der Waals surface area contributed by atoms with Crippen molar-refractivity contribution in [1.29, 1.82) is 0 Å². The molecule has 0 saturated heterocycles. The number of aromatic hydroxyl groups is 1. The smallest absolute Gasteiger partial charge is 0.221 e. The molecule has 1 amide bonds. The molecule has 0 unspecified atom stereocenters. The van der Waals surface area contributed by atoms with E-state index in [2.05, 4.69) is 24.5 Å². The zero-order valence-electron chi connectivity index (χ0n) is 13.0. The predicted octanol–water partition coefficient (Wildman–Crippen LogP) is 2.55. The Balaban J connectivity index is 2.61. The maximum atomic E-state index is 11.1. The highest BCUT2D eigenvalue weighted by molar-refractivity contribution is 5.90. The Morgan fingerprint density at radius 1 is 1.38 bits per heavy atom. The Kier molecular flexibility index (Phi) is 7.19. The van der Waals surface area contributed by atoms with Crippen molar-refractivity contribution >= 4 is 11.6 Å². The summed E-state index contributed by atoms with van der Waals surface area (Å²) in [6.45, 7) is 6.07. The first kappa shape index (κ1) is 17.5. The van der Waals surface area contributed by atoms with Gasteiger partial charge < -0.3 is 20.8 Å². The Morgan fingerprint density at radius 2 is 2.10 bits per heavy atom. The average molecular weight is 294 g/mol. The number of unbranched alkanes of at least 4 members (excludes halogenated alkanes) is 1. The number of aliphatic hydroxyl groups excluding tert-OH is 1. The van der Waals surface area contributed by atoms with E-state index in [1.165, 1.54) is 13.0 Å². The zero-order valence-corrected chi connectivity index (χ0v) is 13.0.